The molecule has 0 aliphatic carbocycles. The lowest BCUT2D eigenvalue weighted by Crippen LogP contribution is -2.24. The van der Waals surface area contributed by atoms with Gasteiger partial charge in [-0.15, -0.1) is 0 Å². The predicted octanol–water partition coefficient (Wildman–Crippen LogP) is 3.73. The summed E-state index contributed by atoms with van der Waals surface area (Å²) in [6, 6.07) is 10.1. The molecule has 1 amide bonds. The number of nitrogens with one attached hydrogen (secondary N) is 1. The molecule has 0 unspecified atom stereocenters. The van der Waals surface area contributed by atoms with E-state index < -0.39 is 9.84 Å². The van der Waals surface area contributed by atoms with Gasteiger partial charge in [0.25, 0.3) is 0 Å². The van der Waals surface area contributed by atoms with Crippen molar-refractivity contribution in [2.24, 2.45) is 0 Å². The fraction of sp³-hybridized carbons (Fsp3) is 0.250. The lowest BCUT2D eigenvalue weighted by atomic mass is 10.1. The number of imidazole rings is 1. The van der Waals surface area contributed by atoms with Gasteiger partial charge in [-0.1, -0.05) is 6.92 Å². The first-order valence-electron chi connectivity index (χ1n) is 11.0. The van der Waals surface area contributed by atoms with Crippen molar-refractivity contribution in [3.8, 4) is 23.0 Å². The molecule has 2 aromatic carbocycles. The van der Waals surface area contributed by atoms with Gasteiger partial charge in [-0.05, 0) is 36.8 Å². The summed E-state index contributed by atoms with van der Waals surface area (Å²) in [5, 5.41) is 0. The van der Waals surface area contributed by atoms with E-state index in [9.17, 15) is 13.2 Å². The van der Waals surface area contributed by atoms with Crippen LogP contribution < -0.4 is 4.74 Å². The second-order valence-corrected chi connectivity index (χ2v) is 10.3. The Morgan fingerprint density at radius 1 is 1.15 bits per heavy atom. The third kappa shape index (κ3) is 4.36. The maximum atomic E-state index is 12.3. The number of fused-ring (bicyclic) bond motifs is 1. The van der Waals surface area contributed by atoms with Gasteiger partial charge < -0.3 is 14.6 Å². The summed E-state index contributed by atoms with van der Waals surface area (Å²) in [6.07, 6.45) is 6.22. The number of hydrogen-bond donors (Lipinski definition) is 1. The number of benzene rings is 2. The second-order valence-electron chi connectivity index (χ2n) is 8.05. The summed E-state index contributed by atoms with van der Waals surface area (Å²) < 4.78 is 30.4. The number of likely N-dealkylation sites (tertiary alicyclic amines) is 1. The van der Waals surface area contributed by atoms with Crippen molar-refractivity contribution in [2.45, 2.75) is 31.2 Å². The number of rotatable bonds is 7. The van der Waals surface area contributed by atoms with Crippen molar-refractivity contribution in [2.75, 3.05) is 12.3 Å². The highest BCUT2D eigenvalue weighted by atomic mass is 32.2. The van der Waals surface area contributed by atoms with E-state index in [-0.39, 0.29) is 16.6 Å². The molecular formula is C24H23N5O4S. The molecule has 0 spiro atoms. The van der Waals surface area contributed by atoms with Gasteiger partial charge in [0.2, 0.25) is 5.91 Å². The van der Waals surface area contributed by atoms with Crippen molar-refractivity contribution >= 4 is 26.8 Å². The number of aromatic nitrogens is 4. The summed E-state index contributed by atoms with van der Waals surface area (Å²) >= 11 is 0. The third-order valence-electron chi connectivity index (χ3n) is 5.79. The topological polar surface area (TPSA) is 118 Å². The average molecular weight is 478 g/mol. The third-order valence-corrected chi connectivity index (χ3v) is 7.54. The molecule has 0 saturated carbocycles. The van der Waals surface area contributed by atoms with E-state index in [0.717, 1.165) is 17.5 Å². The Morgan fingerprint density at radius 3 is 2.65 bits per heavy atom. The van der Waals surface area contributed by atoms with Gasteiger partial charge in [-0.3, -0.25) is 9.78 Å². The Balaban J connectivity index is 1.52. The Labute approximate surface area is 196 Å². The van der Waals surface area contributed by atoms with Crippen LogP contribution in [0.5, 0.6) is 11.5 Å². The number of H-pyrrole nitrogens is 1. The van der Waals surface area contributed by atoms with Crippen LogP contribution in [0.4, 0.5) is 0 Å². The lowest BCUT2D eigenvalue weighted by molar-refractivity contribution is -0.128. The van der Waals surface area contributed by atoms with Gasteiger partial charge in [0.15, 0.2) is 15.7 Å². The number of nitrogens with zero attached hydrogens (tertiary/aromatic N) is 4. The van der Waals surface area contributed by atoms with Crippen molar-refractivity contribution in [1.82, 2.24) is 24.8 Å². The molecule has 1 fully saturated rings. The normalized spacial score (nSPS) is 14.1. The maximum Gasteiger partial charge on any atom is 0.222 e. The van der Waals surface area contributed by atoms with Crippen molar-refractivity contribution in [1.29, 1.82) is 0 Å². The first-order chi connectivity index (χ1) is 16.4. The molecule has 1 saturated heterocycles. The van der Waals surface area contributed by atoms with E-state index in [2.05, 4.69) is 19.9 Å². The van der Waals surface area contributed by atoms with E-state index >= 15 is 0 Å². The minimum absolute atomic E-state index is 0.0329. The van der Waals surface area contributed by atoms with Gasteiger partial charge in [0, 0.05) is 43.5 Å². The average Bonchev–Trinajstić information content (AvgIpc) is 3.45. The standard InChI is InChI=1S/C24H23N5O4S/c1-2-34(31,32)18-7-5-17(6-8-18)33-22-13-20-19(12-16(22)15-29-11-3-4-23(29)30)27-24(28-20)21-14-25-9-10-26-21/h5-10,12-14H,2-4,11,15H2,1H3,(H,27,28). The van der Waals surface area contributed by atoms with Crippen LogP contribution in [0.1, 0.15) is 25.3 Å². The monoisotopic (exact) mass is 477 g/mol. The number of ether oxygens (including phenoxy) is 1. The molecule has 1 aliphatic rings. The lowest BCUT2D eigenvalue weighted by Gasteiger charge is -2.18. The highest BCUT2D eigenvalue weighted by Gasteiger charge is 2.23. The SMILES string of the molecule is CCS(=O)(=O)c1ccc(Oc2cc3nc(-c4cnccn4)[nH]c3cc2CN2CCCC2=O)cc1. The number of amides is 1. The fourth-order valence-electron chi connectivity index (χ4n) is 3.93. The molecule has 34 heavy (non-hydrogen) atoms. The second kappa shape index (κ2) is 8.86. The Kier molecular flexibility index (Phi) is 5.74. The van der Waals surface area contributed by atoms with E-state index in [1.54, 1.807) is 37.6 Å². The summed E-state index contributed by atoms with van der Waals surface area (Å²) in [5.41, 5.74) is 2.91. The molecule has 0 radical (unpaired) electrons. The van der Waals surface area contributed by atoms with E-state index in [1.165, 1.54) is 12.1 Å². The summed E-state index contributed by atoms with van der Waals surface area (Å²) in [7, 11) is -3.30. The molecule has 5 rings (SSSR count). The zero-order valence-corrected chi connectivity index (χ0v) is 19.4. The zero-order chi connectivity index (χ0) is 23.7. The first kappa shape index (κ1) is 22.0. The molecule has 0 bridgehead atoms. The molecule has 0 atom stereocenters. The smallest absolute Gasteiger partial charge is 0.222 e. The number of carbonyl (C=O) groups excluding carboxylic acids is 1. The van der Waals surface area contributed by atoms with Gasteiger partial charge in [0.1, 0.15) is 17.2 Å². The summed E-state index contributed by atoms with van der Waals surface area (Å²) in [6.45, 7) is 2.72. The van der Waals surface area contributed by atoms with E-state index in [1.807, 2.05) is 17.0 Å². The molecule has 1 aliphatic heterocycles. The largest absolute Gasteiger partial charge is 0.457 e. The van der Waals surface area contributed by atoms with E-state index in [0.29, 0.717) is 48.0 Å². The Morgan fingerprint density at radius 2 is 1.97 bits per heavy atom. The fourth-order valence-corrected chi connectivity index (χ4v) is 4.81. The van der Waals surface area contributed by atoms with Gasteiger partial charge >= 0.3 is 0 Å². The van der Waals surface area contributed by atoms with Crippen molar-refractivity contribution in [3.05, 3.63) is 60.6 Å². The molecule has 4 aromatic rings. The number of carbonyl (C=O) groups is 1. The van der Waals surface area contributed by atoms with Gasteiger partial charge in [-0.2, -0.15) is 0 Å². The molecule has 9 nitrogen and oxygen atoms in total. The van der Waals surface area contributed by atoms with Crippen LogP contribution in [-0.4, -0.2) is 51.5 Å². The molecule has 2 aromatic heterocycles. The highest BCUT2D eigenvalue weighted by Crippen LogP contribution is 2.32. The van der Waals surface area contributed by atoms with Gasteiger partial charge in [0.05, 0.1) is 27.9 Å². The summed E-state index contributed by atoms with van der Waals surface area (Å²) in [5.74, 6) is 1.77. The van der Waals surface area contributed by atoms with E-state index in [4.69, 9.17) is 4.74 Å². The molecule has 174 valence electrons. The predicted molar refractivity (Wildman–Crippen MR) is 126 cm³/mol. The van der Waals surface area contributed by atoms with Gasteiger partial charge in [-0.25, -0.2) is 18.4 Å². The van der Waals surface area contributed by atoms with Crippen LogP contribution in [0, 0.1) is 0 Å². The minimum Gasteiger partial charge on any atom is -0.457 e. The quantitative estimate of drug-likeness (QED) is 0.431. The zero-order valence-electron chi connectivity index (χ0n) is 18.6. The van der Waals surface area contributed by atoms with Crippen molar-refractivity contribution < 1.29 is 17.9 Å². The number of sulfone groups is 1. The Hall–Kier alpha value is -3.79. The van der Waals surface area contributed by atoms with Crippen LogP contribution in [0.15, 0.2) is 59.9 Å². The van der Waals surface area contributed by atoms with Crippen LogP contribution in [0.3, 0.4) is 0 Å². The molecule has 1 N–H and O–H groups in total. The van der Waals surface area contributed by atoms with Crippen LogP contribution in [0.25, 0.3) is 22.6 Å². The molecule has 10 heteroatoms. The highest BCUT2D eigenvalue weighted by molar-refractivity contribution is 7.91. The first-order valence-corrected chi connectivity index (χ1v) is 12.7. The Bertz CT molecular complexity index is 1450. The van der Waals surface area contributed by atoms with Crippen LogP contribution in [0.2, 0.25) is 0 Å². The number of hydrogen-bond acceptors (Lipinski definition) is 7. The maximum absolute atomic E-state index is 12.3. The van der Waals surface area contributed by atoms with Crippen LogP contribution in [-0.2, 0) is 21.2 Å². The molecular weight excluding hydrogens is 454 g/mol. The summed E-state index contributed by atoms with van der Waals surface area (Å²) in [4.78, 5) is 30.6. The minimum atomic E-state index is -3.30. The number of aromatic amines is 1. The molecule has 3 heterocycles. The van der Waals surface area contributed by atoms with Crippen LogP contribution >= 0.6 is 0 Å². The van der Waals surface area contributed by atoms with Crippen molar-refractivity contribution in [3.63, 3.8) is 0 Å².